The van der Waals surface area contributed by atoms with Crippen LogP contribution in [-0.4, -0.2) is 29.0 Å². The molecule has 0 fully saturated rings. The van der Waals surface area contributed by atoms with Gasteiger partial charge in [-0.1, -0.05) is 0 Å². The Kier molecular flexibility index (Phi) is 2.55. The molecule has 0 heterocycles. The first-order valence-electron chi connectivity index (χ1n) is 2.60. The molecule has 78 valence electrons. The summed E-state index contributed by atoms with van der Waals surface area (Å²) in [4.78, 5) is 9.66. The highest BCUT2D eigenvalue weighted by atomic mass is 19.4. The van der Waals surface area contributed by atoms with Crippen molar-refractivity contribution < 1.29 is 36.2 Å². The van der Waals surface area contributed by atoms with Gasteiger partial charge >= 0.3 is 23.9 Å². The molecule has 0 saturated carbocycles. The maximum absolute atomic E-state index is 12.3. The van der Waals surface area contributed by atoms with E-state index in [2.05, 4.69) is 5.73 Å². The minimum absolute atomic E-state index is 3.38. The number of nitrogens with two attached hydrogens (primary N) is 1. The van der Waals surface area contributed by atoms with Crippen molar-refractivity contribution in [3.8, 4) is 0 Å². The molecule has 1 unspecified atom stereocenters. The fourth-order valence-corrected chi connectivity index (χ4v) is 0.453. The van der Waals surface area contributed by atoms with Crippen LogP contribution < -0.4 is 5.73 Å². The molecule has 9 heteroatoms. The number of hydrogen-bond donors (Lipinski definition) is 2. The Hall–Kier alpha value is -0.990. The monoisotopic (exact) mass is 211 g/mol. The highest BCUT2D eigenvalue weighted by molar-refractivity contribution is 5.79. The van der Waals surface area contributed by atoms with Crippen molar-refractivity contribution in [3.05, 3.63) is 0 Å². The van der Waals surface area contributed by atoms with Crippen LogP contribution in [0.4, 0.5) is 26.3 Å². The van der Waals surface area contributed by atoms with Crippen LogP contribution in [0.25, 0.3) is 0 Å². The number of rotatable bonds is 2. The van der Waals surface area contributed by atoms with E-state index in [-0.39, 0.29) is 0 Å². The fourth-order valence-electron chi connectivity index (χ4n) is 0.453. The topological polar surface area (TPSA) is 63.3 Å². The minimum atomic E-state index is -6.28. The van der Waals surface area contributed by atoms with E-state index in [9.17, 15) is 31.1 Å². The van der Waals surface area contributed by atoms with Gasteiger partial charge in [0.1, 0.15) is 0 Å². The maximum Gasteiger partial charge on any atom is 0.441 e. The molecule has 3 N–H and O–H groups in total. The van der Waals surface area contributed by atoms with Gasteiger partial charge in [0.2, 0.25) is 0 Å². The number of alkyl halides is 6. The van der Waals surface area contributed by atoms with Crippen molar-refractivity contribution in [2.24, 2.45) is 5.73 Å². The quantitative estimate of drug-likeness (QED) is 0.526. The van der Waals surface area contributed by atoms with Crippen LogP contribution in [0.1, 0.15) is 0 Å². The molecule has 1 atom stereocenters. The summed E-state index contributed by atoms with van der Waals surface area (Å²) in [5.41, 5.74) is -2.27. The number of hydrogen-bond acceptors (Lipinski definition) is 2. The molecule has 0 spiro atoms. The van der Waals surface area contributed by atoms with Gasteiger partial charge in [0.05, 0.1) is 0 Å². The number of carbonyl (C=O) groups is 1. The molecule has 0 aliphatic heterocycles. The lowest BCUT2D eigenvalue weighted by molar-refractivity contribution is -0.294. The lowest BCUT2D eigenvalue weighted by Crippen LogP contribution is -2.64. The molecule has 0 aromatic carbocycles. The van der Waals surface area contributed by atoms with Crippen LogP contribution in [0.3, 0.4) is 0 Å². The molecule has 0 aliphatic carbocycles. The van der Waals surface area contributed by atoms with E-state index >= 15 is 0 Å². The third-order valence-corrected chi connectivity index (χ3v) is 1.14. The fraction of sp³-hybridized carbons (Fsp3) is 0.750. The zero-order valence-corrected chi connectivity index (χ0v) is 5.70. The van der Waals surface area contributed by atoms with Crippen LogP contribution in [0.15, 0.2) is 0 Å². The van der Waals surface area contributed by atoms with E-state index in [1.807, 2.05) is 0 Å². The average molecular weight is 211 g/mol. The zero-order chi connectivity index (χ0) is 11.1. The lowest BCUT2D eigenvalue weighted by atomic mass is 10.0. The highest BCUT2D eigenvalue weighted by Gasteiger charge is 2.75. The second-order valence-corrected chi connectivity index (χ2v) is 2.08. The zero-order valence-electron chi connectivity index (χ0n) is 5.70. The van der Waals surface area contributed by atoms with Gasteiger partial charge in [-0.25, -0.2) is 9.18 Å². The second kappa shape index (κ2) is 2.76. The number of aliphatic carboxylic acids is 1. The molecule has 0 saturated heterocycles. The van der Waals surface area contributed by atoms with Crippen molar-refractivity contribution in [2.45, 2.75) is 17.9 Å². The normalized spacial score (nSPS) is 18.1. The molecule has 0 aliphatic rings. The first kappa shape index (κ1) is 12.0. The predicted octanol–water partition coefficient (Wildman–Crippen LogP) is 0.893. The van der Waals surface area contributed by atoms with Crippen LogP contribution in [0.5, 0.6) is 0 Å². The number of carboxylic acids is 1. The van der Waals surface area contributed by atoms with Crippen molar-refractivity contribution in [3.63, 3.8) is 0 Å². The van der Waals surface area contributed by atoms with Gasteiger partial charge < -0.3 is 5.11 Å². The molecular formula is C4H3F6NO2. The second-order valence-electron chi connectivity index (χ2n) is 2.08. The van der Waals surface area contributed by atoms with Gasteiger partial charge in [0, 0.05) is 0 Å². The van der Waals surface area contributed by atoms with Gasteiger partial charge in [0.15, 0.2) is 0 Å². The summed E-state index contributed by atoms with van der Waals surface area (Å²) in [5, 5.41) is 7.65. The van der Waals surface area contributed by atoms with Crippen molar-refractivity contribution in [2.75, 3.05) is 0 Å². The van der Waals surface area contributed by atoms with Gasteiger partial charge in [-0.3, -0.25) is 5.73 Å². The van der Waals surface area contributed by atoms with Gasteiger partial charge in [-0.05, 0) is 0 Å². The molecule has 0 amide bonds. The molecular weight excluding hydrogens is 208 g/mol. The minimum Gasteiger partial charge on any atom is -0.478 e. The summed E-state index contributed by atoms with van der Waals surface area (Å²) >= 11 is 0. The van der Waals surface area contributed by atoms with Crippen LogP contribution in [-0.2, 0) is 4.79 Å². The summed E-state index contributed by atoms with van der Waals surface area (Å²) in [6.07, 6.45) is -6.28. The Balaban J connectivity index is 5.35. The molecule has 0 aromatic rings. The highest BCUT2D eigenvalue weighted by Crippen LogP contribution is 2.42. The van der Waals surface area contributed by atoms with Gasteiger partial charge in [0.25, 0.3) is 0 Å². The first-order chi connectivity index (χ1) is 5.44. The summed E-state index contributed by atoms with van der Waals surface area (Å²) in [6, 6.07) is -5.53. The van der Waals surface area contributed by atoms with E-state index in [1.54, 1.807) is 0 Å². The largest absolute Gasteiger partial charge is 0.478 e. The molecule has 3 nitrogen and oxygen atoms in total. The SMILES string of the molecule is NC(F)(F)C(F)(C(=O)O)C(F)(F)F. The Morgan fingerprint density at radius 2 is 1.38 bits per heavy atom. The molecule has 0 rings (SSSR count). The first-order valence-corrected chi connectivity index (χ1v) is 2.60. The van der Waals surface area contributed by atoms with E-state index in [0.717, 1.165) is 0 Å². The Morgan fingerprint density at radius 1 is 1.08 bits per heavy atom. The van der Waals surface area contributed by atoms with E-state index in [4.69, 9.17) is 5.11 Å². The Morgan fingerprint density at radius 3 is 1.38 bits per heavy atom. The standard InChI is InChI=1S/C4H3F6NO2/c5-2(1(12)13,3(6,7)8)4(9,10)11/h11H2,(H,12,13). The predicted molar refractivity (Wildman–Crippen MR) is 26.7 cm³/mol. The molecule has 13 heavy (non-hydrogen) atoms. The third kappa shape index (κ3) is 1.69. The van der Waals surface area contributed by atoms with Crippen LogP contribution in [0, 0.1) is 0 Å². The third-order valence-electron chi connectivity index (χ3n) is 1.14. The molecule has 0 radical (unpaired) electrons. The Labute approximate surface area is 67.1 Å². The smallest absolute Gasteiger partial charge is 0.441 e. The van der Waals surface area contributed by atoms with Crippen molar-refractivity contribution in [1.82, 2.24) is 0 Å². The van der Waals surface area contributed by atoms with E-state index < -0.39 is 23.9 Å². The van der Waals surface area contributed by atoms with Gasteiger partial charge in [-0.2, -0.15) is 22.0 Å². The summed E-state index contributed by atoms with van der Waals surface area (Å²) < 4.78 is 70.6. The van der Waals surface area contributed by atoms with Crippen molar-refractivity contribution >= 4 is 5.97 Å². The van der Waals surface area contributed by atoms with Gasteiger partial charge in [-0.15, -0.1) is 0 Å². The summed E-state index contributed by atoms with van der Waals surface area (Å²) in [5.74, 6) is -3.38. The van der Waals surface area contributed by atoms with E-state index in [0.29, 0.717) is 0 Å². The maximum atomic E-state index is 12.3. The number of carboxylic acid groups (broad SMARTS) is 1. The van der Waals surface area contributed by atoms with E-state index in [1.165, 1.54) is 0 Å². The average Bonchev–Trinajstić information content (AvgIpc) is 1.80. The Bertz CT molecular complexity index is 204. The number of halogens is 6. The lowest BCUT2D eigenvalue weighted by Gasteiger charge is -2.27. The summed E-state index contributed by atoms with van der Waals surface area (Å²) in [7, 11) is 0. The van der Waals surface area contributed by atoms with Crippen molar-refractivity contribution in [1.29, 1.82) is 0 Å². The molecule has 0 bridgehead atoms. The molecule has 0 aromatic heterocycles. The van der Waals surface area contributed by atoms with Crippen LogP contribution >= 0.6 is 0 Å². The van der Waals surface area contributed by atoms with Crippen LogP contribution in [0.2, 0.25) is 0 Å². The summed E-state index contributed by atoms with van der Waals surface area (Å²) in [6.45, 7) is 0.